The highest BCUT2D eigenvalue weighted by atomic mass is 14.2. The first-order chi connectivity index (χ1) is 10.3. The molecule has 0 heteroatoms. The summed E-state index contributed by atoms with van der Waals surface area (Å²) in [6, 6.07) is 0. The number of rotatable bonds is 8. The van der Waals surface area contributed by atoms with Crippen molar-refractivity contribution in [1.29, 1.82) is 0 Å². The normalized spacial score (nSPS) is 10.9. The van der Waals surface area contributed by atoms with Crippen molar-refractivity contribution >= 4 is 0 Å². The second-order valence-electron chi connectivity index (χ2n) is 6.84. The Hall–Kier alpha value is -0.520. The molecule has 0 spiro atoms. The highest BCUT2D eigenvalue weighted by molar-refractivity contribution is 5.15. The SMILES string of the molecule is CC.CCCC.CCCC(C)(C)CC/C(=C/C=C(C)C)CC. The molecule has 0 aromatic heterocycles. The molecule has 0 aliphatic carbocycles. The van der Waals surface area contributed by atoms with E-state index in [2.05, 4.69) is 67.5 Å². The van der Waals surface area contributed by atoms with Gasteiger partial charge in [-0.2, -0.15) is 0 Å². The predicted molar refractivity (Wildman–Crippen MR) is 108 cm³/mol. The van der Waals surface area contributed by atoms with Gasteiger partial charge in [-0.3, -0.25) is 0 Å². The Morgan fingerprint density at radius 1 is 0.773 bits per heavy atom. The van der Waals surface area contributed by atoms with Gasteiger partial charge in [-0.1, -0.05) is 98.0 Å². The maximum Gasteiger partial charge on any atom is -0.0312 e. The largest absolute Gasteiger partial charge is 0.0764 e. The fraction of sp³-hybridized carbons (Fsp3) is 0.818. The van der Waals surface area contributed by atoms with Crippen molar-refractivity contribution in [2.45, 2.75) is 114 Å². The van der Waals surface area contributed by atoms with Gasteiger partial charge in [0.2, 0.25) is 0 Å². The Balaban J connectivity index is -0.000000516. The minimum atomic E-state index is 0.508. The van der Waals surface area contributed by atoms with Gasteiger partial charge >= 0.3 is 0 Å². The number of hydrogen-bond acceptors (Lipinski definition) is 0. The molecule has 0 aromatic rings. The van der Waals surface area contributed by atoms with Crippen LogP contribution in [0.1, 0.15) is 114 Å². The molecule has 0 heterocycles. The summed E-state index contributed by atoms with van der Waals surface area (Å²) in [7, 11) is 0. The first-order valence-corrected chi connectivity index (χ1v) is 9.65. The lowest BCUT2D eigenvalue weighted by Crippen LogP contribution is -2.10. The van der Waals surface area contributed by atoms with E-state index in [9.17, 15) is 0 Å². The van der Waals surface area contributed by atoms with E-state index >= 15 is 0 Å². The Kier molecular flexibility index (Phi) is 22.2. The minimum absolute atomic E-state index is 0.508. The lowest BCUT2D eigenvalue weighted by Gasteiger charge is -2.24. The van der Waals surface area contributed by atoms with E-state index in [1.807, 2.05) is 13.8 Å². The molecule has 134 valence electrons. The highest BCUT2D eigenvalue weighted by Crippen LogP contribution is 2.30. The smallest absolute Gasteiger partial charge is 0.0312 e. The monoisotopic (exact) mass is 310 g/mol. The van der Waals surface area contributed by atoms with Gasteiger partial charge in [0, 0.05) is 0 Å². The summed E-state index contributed by atoms with van der Waals surface area (Å²) in [5.74, 6) is 0. The predicted octanol–water partition coefficient (Wildman–Crippen LogP) is 8.73. The third-order valence-electron chi connectivity index (χ3n) is 3.66. The molecule has 0 bridgehead atoms. The molecule has 0 saturated heterocycles. The first kappa shape index (κ1) is 26.4. The van der Waals surface area contributed by atoms with Gasteiger partial charge in [0.05, 0.1) is 0 Å². The van der Waals surface area contributed by atoms with Crippen LogP contribution in [0.2, 0.25) is 0 Å². The molecule has 0 aliphatic heterocycles. The van der Waals surface area contributed by atoms with Gasteiger partial charge in [0.15, 0.2) is 0 Å². The van der Waals surface area contributed by atoms with Crippen molar-refractivity contribution in [1.82, 2.24) is 0 Å². The Morgan fingerprint density at radius 3 is 1.59 bits per heavy atom. The minimum Gasteiger partial charge on any atom is -0.0764 e. The molecule has 0 rings (SSSR count). The summed E-state index contributed by atoms with van der Waals surface area (Å²) in [6.07, 6.45) is 13.6. The molecule has 0 N–H and O–H groups in total. The van der Waals surface area contributed by atoms with Gasteiger partial charge in [-0.05, 0) is 44.9 Å². The zero-order valence-electron chi connectivity index (χ0n) is 17.6. The van der Waals surface area contributed by atoms with Crippen molar-refractivity contribution in [3.63, 3.8) is 0 Å². The van der Waals surface area contributed by atoms with Crippen molar-refractivity contribution in [2.24, 2.45) is 5.41 Å². The standard InChI is InChI=1S/C16H30.C4H10.C2H6/c1-7-12-16(5,6)13-11-15(8-2)10-9-14(3)4;1-3-4-2;1-2/h9-10H,7-8,11-13H2,1-6H3;3-4H2,1-2H3;1-2H3/b15-10+;;. The quantitative estimate of drug-likeness (QED) is 0.393. The van der Waals surface area contributed by atoms with Gasteiger partial charge in [-0.15, -0.1) is 0 Å². The molecule has 0 aliphatic rings. The van der Waals surface area contributed by atoms with Crippen LogP contribution in [0.4, 0.5) is 0 Å². The van der Waals surface area contributed by atoms with Crippen molar-refractivity contribution in [3.05, 3.63) is 23.3 Å². The third kappa shape index (κ3) is 21.8. The lowest BCUT2D eigenvalue weighted by molar-refractivity contribution is 0.303. The second kappa shape index (κ2) is 18.5. The molecule has 0 saturated carbocycles. The summed E-state index contributed by atoms with van der Waals surface area (Å²) < 4.78 is 0. The van der Waals surface area contributed by atoms with E-state index in [0.717, 1.165) is 0 Å². The molecule has 0 fully saturated rings. The summed E-state index contributed by atoms with van der Waals surface area (Å²) in [5.41, 5.74) is 3.48. The van der Waals surface area contributed by atoms with E-state index in [4.69, 9.17) is 0 Å². The molecule has 0 radical (unpaired) electrons. The Labute approximate surface area is 143 Å². The van der Waals surface area contributed by atoms with Crippen LogP contribution >= 0.6 is 0 Å². The summed E-state index contributed by atoms with van der Waals surface area (Å²) in [5, 5.41) is 0. The molecule has 0 aromatic carbocycles. The number of hydrogen-bond donors (Lipinski definition) is 0. The molecule has 0 nitrogen and oxygen atoms in total. The fourth-order valence-corrected chi connectivity index (χ4v) is 1.96. The van der Waals surface area contributed by atoms with E-state index in [1.165, 1.54) is 50.5 Å². The zero-order valence-corrected chi connectivity index (χ0v) is 17.6. The fourth-order valence-electron chi connectivity index (χ4n) is 1.96. The number of allylic oxidation sites excluding steroid dienone is 4. The second-order valence-corrected chi connectivity index (χ2v) is 6.84. The van der Waals surface area contributed by atoms with E-state index in [1.54, 1.807) is 5.57 Å². The van der Waals surface area contributed by atoms with Gasteiger partial charge in [0.25, 0.3) is 0 Å². The van der Waals surface area contributed by atoms with Crippen molar-refractivity contribution < 1.29 is 0 Å². The summed E-state index contributed by atoms with van der Waals surface area (Å²) in [6.45, 7) is 22.0. The average Bonchev–Trinajstić information content (AvgIpc) is 2.49. The van der Waals surface area contributed by atoms with Crippen LogP contribution in [-0.2, 0) is 0 Å². The molecular formula is C22H46. The molecule has 22 heavy (non-hydrogen) atoms. The molecule has 0 unspecified atom stereocenters. The molecule has 0 amide bonds. The summed E-state index contributed by atoms with van der Waals surface area (Å²) >= 11 is 0. The topological polar surface area (TPSA) is 0 Å². The summed E-state index contributed by atoms with van der Waals surface area (Å²) in [4.78, 5) is 0. The van der Waals surface area contributed by atoms with Crippen LogP contribution in [0.15, 0.2) is 23.3 Å². The van der Waals surface area contributed by atoms with E-state index in [0.29, 0.717) is 5.41 Å². The Bertz CT molecular complexity index is 260. The van der Waals surface area contributed by atoms with Crippen LogP contribution in [-0.4, -0.2) is 0 Å². The van der Waals surface area contributed by atoms with E-state index in [-0.39, 0.29) is 0 Å². The van der Waals surface area contributed by atoms with Crippen molar-refractivity contribution in [2.75, 3.05) is 0 Å². The highest BCUT2D eigenvalue weighted by Gasteiger charge is 2.16. The van der Waals surface area contributed by atoms with Crippen molar-refractivity contribution in [3.8, 4) is 0 Å². The van der Waals surface area contributed by atoms with Crippen LogP contribution < -0.4 is 0 Å². The van der Waals surface area contributed by atoms with Crippen LogP contribution in [0.25, 0.3) is 0 Å². The third-order valence-corrected chi connectivity index (χ3v) is 3.66. The van der Waals surface area contributed by atoms with Gasteiger partial charge in [0.1, 0.15) is 0 Å². The van der Waals surface area contributed by atoms with Gasteiger partial charge < -0.3 is 0 Å². The van der Waals surface area contributed by atoms with E-state index < -0.39 is 0 Å². The Morgan fingerprint density at radius 2 is 1.27 bits per heavy atom. The zero-order chi connectivity index (χ0) is 18.0. The maximum atomic E-state index is 2.39. The maximum absolute atomic E-state index is 2.39. The lowest BCUT2D eigenvalue weighted by atomic mass is 9.82. The van der Waals surface area contributed by atoms with Crippen LogP contribution in [0.3, 0.4) is 0 Å². The van der Waals surface area contributed by atoms with Gasteiger partial charge in [-0.25, -0.2) is 0 Å². The average molecular weight is 311 g/mol. The first-order valence-electron chi connectivity index (χ1n) is 9.65. The molecular weight excluding hydrogens is 264 g/mol. The number of unbranched alkanes of at least 4 members (excludes halogenated alkanes) is 1. The van der Waals surface area contributed by atoms with Crippen LogP contribution in [0, 0.1) is 5.41 Å². The van der Waals surface area contributed by atoms with Crippen LogP contribution in [0.5, 0.6) is 0 Å². The molecule has 0 atom stereocenters.